The molecule has 0 saturated carbocycles. The first-order valence-corrected chi connectivity index (χ1v) is 10.3. The van der Waals surface area contributed by atoms with Crippen molar-refractivity contribution >= 4 is 6.09 Å². The molecule has 0 spiro atoms. The zero-order valence-corrected chi connectivity index (χ0v) is 19.8. The molecule has 7 heteroatoms. The number of amides is 1. The molecule has 1 amide bonds. The average Bonchev–Trinajstić information content (AvgIpc) is 3.25. The predicted octanol–water partition coefficient (Wildman–Crippen LogP) is 5.00. The number of ether oxygens (including phenoxy) is 1. The van der Waals surface area contributed by atoms with E-state index in [-0.39, 0.29) is 22.6 Å². The summed E-state index contributed by atoms with van der Waals surface area (Å²) in [5.41, 5.74) is 1.49. The summed E-state index contributed by atoms with van der Waals surface area (Å²) in [7, 11) is 0. The highest BCUT2D eigenvalue weighted by Crippen LogP contribution is 2.27. The monoisotopic (exact) mass is 408 g/mol. The Morgan fingerprint density at radius 2 is 1.55 bits per heavy atom. The Morgan fingerprint density at radius 3 is 1.76 bits per heavy atom. The van der Waals surface area contributed by atoms with Crippen molar-refractivity contribution in [1.82, 2.24) is 20.0 Å². The molecule has 0 unspecified atom stereocenters. The summed E-state index contributed by atoms with van der Waals surface area (Å²) < 4.78 is 9.75. The summed E-state index contributed by atoms with van der Waals surface area (Å²) in [5, 5.41) is 7.34. The minimum Gasteiger partial charge on any atom is -0.448 e. The summed E-state index contributed by atoms with van der Waals surface area (Å²) in [6.07, 6.45) is 3.64. The van der Waals surface area contributed by atoms with Gasteiger partial charge in [-0.1, -0.05) is 27.4 Å². The molecule has 0 aliphatic carbocycles. The minimum absolute atomic E-state index is 0.0174. The van der Waals surface area contributed by atoms with E-state index in [0.717, 1.165) is 6.54 Å². The Hall–Kier alpha value is -2.05. The molecule has 2 aliphatic rings. The van der Waals surface area contributed by atoms with Crippen molar-refractivity contribution < 1.29 is 13.9 Å². The first kappa shape index (κ1) is 25.0. The minimum atomic E-state index is -0.187. The van der Waals surface area contributed by atoms with Crippen LogP contribution in [0.15, 0.2) is 23.1 Å². The highest BCUT2D eigenvalue weighted by Gasteiger charge is 2.31. The predicted molar refractivity (Wildman–Crippen MR) is 116 cm³/mol. The van der Waals surface area contributed by atoms with Gasteiger partial charge in [0.05, 0.1) is 6.54 Å². The molecular weight excluding hydrogens is 368 g/mol. The average molecular weight is 409 g/mol. The van der Waals surface area contributed by atoms with Crippen molar-refractivity contribution in [2.75, 3.05) is 19.7 Å². The second-order valence-electron chi connectivity index (χ2n) is 10.4. The molecule has 0 bridgehead atoms. The summed E-state index contributed by atoms with van der Waals surface area (Å²) in [4.78, 5) is 15.0. The highest BCUT2D eigenvalue weighted by molar-refractivity contribution is 5.70. The molecule has 3 rings (SSSR count). The van der Waals surface area contributed by atoms with Crippen molar-refractivity contribution in [1.29, 1.82) is 0 Å². The fourth-order valence-electron chi connectivity index (χ4n) is 3.05. The lowest BCUT2D eigenvalue weighted by Crippen LogP contribution is -2.41. The van der Waals surface area contributed by atoms with Crippen LogP contribution in [0, 0.1) is 0 Å². The van der Waals surface area contributed by atoms with Crippen LogP contribution in [0.2, 0.25) is 0 Å². The molecule has 166 valence electrons. The van der Waals surface area contributed by atoms with E-state index < -0.39 is 0 Å². The fraction of sp³-hybridized carbons (Fsp3) is 0.773. The van der Waals surface area contributed by atoms with Gasteiger partial charge < -0.3 is 14.1 Å². The zero-order valence-electron chi connectivity index (χ0n) is 19.8. The van der Waals surface area contributed by atoms with E-state index >= 15 is 0 Å². The topological polar surface area (TPSA) is 71.7 Å². The van der Waals surface area contributed by atoms with E-state index in [2.05, 4.69) is 42.4 Å². The largest absolute Gasteiger partial charge is 0.448 e. The maximum atomic E-state index is 10.9. The molecule has 0 aromatic carbocycles. The third kappa shape index (κ3) is 8.07. The number of aromatic nitrogens is 2. The van der Waals surface area contributed by atoms with Crippen LogP contribution in [0.5, 0.6) is 0 Å². The van der Waals surface area contributed by atoms with Crippen molar-refractivity contribution in [2.45, 2.75) is 91.6 Å². The molecule has 7 nitrogen and oxygen atoms in total. The normalized spacial score (nSPS) is 17.4. The number of cyclic esters (lactones) is 1. The Labute approximate surface area is 176 Å². The molecule has 2 fully saturated rings. The number of carbonyl (C=O) groups excluding carboxylic acids is 1. The van der Waals surface area contributed by atoms with Crippen LogP contribution in [0.4, 0.5) is 4.79 Å². The van der Waals surface area contributed by atoms with Gasteiger partial charge in [-0.15, -0.1) is 10.2 Å². The third-order valence-electron chi connectivity index (χ3n) is 4.61. The summed E-state index contributed by atoms with van der Waals surface area (Å²) >= 11 is 0. The highest BCUT2D eigenvalue weighted by atomic mass is 16.6. The fourth-order valence-corrected chi connectivity index (χ4v) is 3.05. The standard InChI is InChI=1S/C9H17N.C7H13NO2.C6H10N2O/c1-8-6-5-7-10(8)9(2,3)4;1-7(2,3)8-4-5-10-6(8)9;1-6(2,3)5-8-7-4-9-5/h1,5-7H2,2-4H3;4-5H2,1-3H3;4H,1-3H3. The van der Waals surface area contributed by atoms with Gasteiger partial charge in [0.25, 0.3) is 0 Å². The molecular formula is C22H40N4O3. The second kappa shape index (κ2) is 9.63. The van der Waals surface area contributed by atoms with Crippen LogP contribution in [-0.4, -0.2) is 56.9 Å². The van der Waals surface area contributed by atoms with Crippen molar-refractivity contribution in [3.8, 4) is 0 Å². The summed E-state index contributed by atoms with van der Waals surface area (Å²) in [6.45, 7) is 25.3. The quantitative estimate of drug-likeness (QED) is 0.602. The Kier molecular flexibility index (Phi) is 8.30. The van der Waals surface area contributed by atoms with Crippen LogP contribution in [-0.2, 0) is 10.2 Å². The van der Waals surface area contributed by atoms with Crippen LogP contribution >= 0.6 is 0 Å². The number of hydrogen-bond donors (Lipinski definition) is 0. The Morgan fingerprint density at radius 1 is 0.966 bits per heavy atom. The Bertz CT molecular complexity index is 613. The van der Waals surface area contributed by atoms with Crippen LogP contribution < -0.4 is 0 Å². The van der Waals surface area contributed by atoms with Crippen LogP contribution in [0.1, 0.15) is 81.0 Å². The second-order valence-corrected chi connectivity index (χ2v) is 10.4. The number of likely N-dealkylation sites (tertiary alicyclic amines) is 1. The van der Waals surface area contributed by atoms with Gasteiger partial charge in [0.15, 0.2) is 0 Å². The molecule has 29 heavy (non-hydrogen) atoms. The summed E-state index contributed by atoms with van der Waals surface area (Å²) in [6, 6.07) is 0. The molecule has 0 atom stereocenters. The van der Waals surface area contributed by atoms with E-state index in [1.54, 1.807) is 4.90 Å². The molecule has 0 radical (unpaired) electrons. The molecule has 0 N–H and O–H groups in total. The van der Waals surface area contributed by atoms with Gasteiger partial charge in [-0.2, -0.15) is 0 Å². The van der Waals surface area contributed by atoms with Crippen LogP contribution in [0.25, 0.3) is 0 Å². The maximum Gasteiger partial charge on any atom is 0.410 e. The third-order valence-corrected chi connectivity index (χ3v) is 4.61. The van der Waals surface area contributed by atoms with Gasteiger partial charge in [-0.05, 0) is 54.4 Å². The lowest BCUT2D eigenvalue weighted by Gasteiger charge is -2.34. The van der Waals surface area contributed by atoms with Gasteiger partial charge in [-0.25, -0.2) is 4.79 Å². The number of rotatable bonds is 0. The molecule has 2 saturated heterocycles. The van der Waals surface area contributed by atoms with Gasteiger partial charge in [-0.3, -0.25) is 4.90 Å². The van der Waals surface area contributed by atoms with E-state index in [1.165, 1.54) is 31.5 Å². The zero-order chi connectivity index (χ0) is 22.5. The lowest BCUT2D eigenvalue weighted by molar-refractivity contribution is 0.132. The molecule has 3 heterocycles. The van der Waals surface area contributed by atoms with Crippen molar-refractivity contribution in [3.63, 3.8) is 0 Å². The first-order valence-electron chi connectivity index (χ1n) is 10.3. The molecule has 1 aromatic rings. The number of nitrogens with zero attached hydrogens (tertiary/aromatic N) is 4. The van der Waals surface area contributed by atoms with Crippen LogP contribution in [0.3, 0.4) is 0 Å². The maximum absolute atomic E-state index is 10.9. The first-order chi connectivity index (χ1) is 13.1. The van der Waals surface area contributed by atoms with E-state index in [1.807, 2.05) is 41.5 Å². The van der Waals surface area contributed by atoms with E-state index in [4.69, 9.17) is 9.15 Å². The van der Waals surface area contributed by atoms with Gasteiger partial charge in [0.1, 0.15) is 6.61 Å². The number of allylic oxidation sites excluding steroid dienone is 1. The van der Waals surface area contributed by atoms with Gasteiger partial charge in [0, 0.05) is 28.7 Å². The van der Waals surface area contributed by atoms with E-state index in [0.29, 0.717) is 12.5 Å². The van der Waals surface area contributed by atoms with Crippen molar-refractivity contribution in [2.24, 2.45) is 0 Å². The number of hydrogen-bond acceptors (Lipinski definition) is 6. The van der Waals surface area contributed by atoms with E-state index in [9.17, 15) is 4.79 Å². The van der Waals surface area contributed by atoms with Crippen molar-refractivity contribution in [3.05, 3.63) is 24.6 Å². The molecule has 2 aliphatic heterocycles. The molecule has 1 aromatic heterocycles. The SMILES string of the molecule is C=C1CCCN1C(C)(C)C.CC(C)(C)N1CCOC1=O.CC(C)(C)c1nnco1. The lowest BCUT2D eigenvalue weighted by atomic mass is 9.97. The van der Waals surface area contributed by atoms with Gasteiger partial charge in [0.2, 0.25) is 12.3 Å². The summed E-state index contributed by atoms with van der Waals surface area (Å²) in [5.74, 6) is 0.683. The smallest absolute Gasteiger partial charge is 0.410 e. The van der Waals surface area contributed by atoms with Gasteiger partial charge >= 0.3 is 6.09 Å². The number of carbonyl (C=O) groups is 1. The Balaban J connectivity index is 0.000000218.